The second-order valence-corrected chi connectivity index (χ2v) is 12.9. The van der Waals surface area contributed by atoms with Crippen LogP contribution in [0, 0.1) is 0 Å². The molecule has 0 radical (unpaired) electrons. The summed E-state index contributed by atoms with van der Waals surface area (Å²) in [5, 5.41) is 7.47. The molecule has 4 nitrogen and oxygen atoms in total. The number of hydrogen-bond acceptors (Lipinski definition) is 3. The van der Waals surface area contributed by atoms with E-state index in [0.29, 0.717) is 17.5 Å². The average molecular weight is 651 g/mol. The molecule has 8 aromatic carbocycles. The molecule has 2 heterocycles. The molecule has 0 amide bonds. The highest BCUT2D eigenvalue weighted by molar-refractivity contribution is 6.23. The molecular weight excluding hydrogens is 621 g/mol. The lowest BCUT2D eigenvalue weighted by atomic mass is 9.98. The standard InChI is InChI=1S/C47H30N4/c1-3-15-32(16-4-1)45-48-46(33-17-5-2-6-18-33)50-47(49-45)40-25-12-11-23-38(40)36-21-13-22-37(28-36)51-42-27-26-31-14-9-10-24-39(31)44(42)41-29-34-19-7-8-20-35(34)30-43(41)51/h1-30H. The molecule has 0 aliphatic carbocycles. The number of hydrogen-bond donors (Lipinski definition) is 0. The molecule has 0 N–H and O–H groups in total. The molecule has 0 bridgehead atoms. The number of benzene rings is 8. The van der Waals surface area contributed by atoms with Crippen molar-refractivity contribution in [2.45, 2.75) is 0 Å². The second kappa shape index (κ2) is 11.9. The quantitative estimate of drug-likeness (QED) is 0.186. The smallest absolute Gasteiger partial charge is 0.164 e. The van der Waals surface area contributed by atoms with Gasteiger partial charge in [-0.15, -0.1) is 0 Å². The molecule has 0 saturated carbocycles. The molecule has 10 rings (SSSR count). The van der Waals surface area contributed by atoms with E-state index >= 15 is 0 Å². The van der Waals surface area contributed by atoms with Gasteiger partial charge in [0.2, 0.25) is 0 Å². The summed E-state index contributed by atoms with van der Waals surface area (Å²) < 4.78 is 2.42. The summed E-state index contributed by atoms with van der Waals surface area (Å²) in [6.07, 6.45) is 0. The second-order valence-electron chi connectivity index (χ2n) is 12.9. The fourth-order valence-corrected chi connectivity index (χ4v) is 7.42. The maximum Gasteiger partial charge on any atom is 0.164 e. The van der Waals surface area contributed by atoms with Gasteiger partial charge in [-0.05, 0) is 63.0 Å². The van der Waals surface area contributed by atoms with Crippen LogP contribution in [0.5, 0.6) is 0 Å². The van der Waals surface area contributed by atoms with Crippen LogP contribution in [0.25, 0.3) is 94.3 Å². The Morgan fingerprint density at radius 3 is 1.63 bits per heavy atom. The molecule has 0 aliphatic rings. The SMILES string of the molecule is c1ccc(-c2nc(-c3ccccc3)nc(-c3ccccc3-c3cccc(-n4c5cc6ccccc6cc5c5c6ccccc6ccc54)c3)n2)cc1. The van der Waals surface area contributed by atoms with Crippen LogP contribution in [0.4, 0.5) is 0 Å². The predicted molar refractivity (Wildman–Crippen MR) is 211 cm³/mol. The van der Waals surface area contributed by atoms with Gasteiger partial charge in [0.05, 0.1) is 11.0 Å². The van der Waals surface area contributed by atoms with Crippen molar-refractivity contribution in [3.05, 3.63) is 182 Å². The van der Waals surface area contributed by atoms with Gasteiger partial charge in [-0.3, -0.25) is 0 Å². The van der Waals surface area contributed by atoms with E-state index in [4.69, 9.17) is 15.0 Å². The minimum Gasteiger partial charge on any atom is -0.309 e. The van der Waals surface area contributed by atoms with E-state index in [2.05, 4.69) is 126 Å². The van der Waals surface area contributed by atoms with E-state index in [-0.39, 0.29) is 0 Å². The third-order valence-electron chi connectivity index (χ3n) is 9.80. The summed E-state index contributed by atoms with van der Waals surface area (Å²) in [5.74, 6) is 1.93. The number of rotatable bonds is 5. The summed E-state index contributed by atoms with van der Waals surface area (Å²) in [5.41, 5.74) is 8.45. The van der Waals surface area contributed by atoms with Gasteiger partial charge in [-0.25, -0.2) is 15.0 Å². The van der Waals surface area contributed by atoms with Gasteiger partial charge in [-0.1, -0.05) is 152 Å². The van der Waals surface area contributed by atoms with Crippen molar-refractivity contribution in [1.29, 1.82) is 0 Å². The van der Waals surface area contributed by atoms with Crippen LogP contribution in [-0.2, 0) is 0 Å². The van der Waals surface area contributed by atoms with Gasteiger partial charge < -0.3 is 4.57 Å². The Hall–Kier alpha value is -6.91. The summed E-state index contributed by atoms with van der Waals surface area (Å²) in [6, 6.07) is 64.0. The normalized spacial score (nSPS) is 11.5. The van der Waals surface area contributed by atoms with Crippen molar-refractivity contribution < 1.29 is 0 Å². The zero-order chi connectivity index (χ0) is 33.7. The predicted octanol–water partition coefficient (Wildman–Crippen LogP) is 11.9. The van der Waals surface area contributed by atoms with Crippen molar-refractivity contribution in [3.8, 4) is 51.0 Å². The summed E-state index contributed by atoms with van der Waals surface area (Å²) >= 11 is 0. The molecule has 2 aromatic heterocycles. The highest BCUT2D eigenvalue weighted by atomic mass is 15.0. The van der Waals surface area contributed by atoms with Crippen LogP contribution in [-0.4, -0.2) is 19.5 Å². The lowest BCUT2D eigenvalue weighted by Crippen LogP contribution is -2.01. The highest BCUT2D eigenvalue weighted by Gasteiger charge is 2.18. The largest absolute Gasteiger partial charge is 0.309 e. The van der Waals surface area contributed by atoms with Crippen LogP contribution in [0.2, 0.25) is 0 Å². The first kappa shape index (κ1) is 29.0. The van der Waals surface area contributed by atoms with E-state index in [0.717, 1.165) is 33.5 Å². The van der Waals surface area contributed by atoms with E-state index < -0.39 is 0 Å². The van der Waals surface area contributed by atoms with Gasteiger partial charge in [0.1, 0.15) is 0 Å². The number of nitrogens with zero attached hydrogens (tertiary/aromatic N) is 4. The lowest BCUT2D eigenvalue weighted by Gasteiger charge is -2.14. The maximum atomic E-state index is 5.07. The third kappa shape index (κ3) is 4.96. The summed E-state index contributed by atoms with van der Waals surface area (Å²) in [7, 11) is 0. The van der Waals surface area contributed by atoms with Crippen LogP contribution >= 0.6 is 0 Å². The topological polar surface area (TPSA) is 43.6 Å². The Morgan fingerprint density at radius 1 is 0.333 bits per heavy atom. The van der Waals surface area contributed by atoms with Crippen molar-refractivity contribution in [3.63, 3.8) is 0 Å². The zero-order valence-corrected chi connectivity index (χ0v) is 27.6. The molecule has 10 aromatic rings. The number of aromatic nitrogens is 4. The molecule has 0 aliphatic heterocycles. The zero-order valence-electron chi connectivity index (χ0n) is 27.6. The van der Waals surface area contributed by atoms with Gasteiger partial charge in [0.25, 0.3) is 0 Å². The maximum absolute atomic E-state index is 5.07. The summed E-state index contributed by atoms with van der Waals surface area (Å²) in [6.45, 7) is 0. The van der Waals surface area contributed by atoms with Crippen LogP contribution in [0.3, 0.4) is 0 Å². The van der Waals surface area contributed by atoms with Gasteiger partial charge >= 0.3 is 0 Å². The molecule has 0 spiro atoms. The molecule has 4 heteroatoms. The van der Waals surface area contributed by atoms with Crippen molar-refractivity contribution in [2.75, 3.05) is 0 Å². The minimum atomic E-state index is 0.638. The first-order valence-corrected chi connectivity index (χ1v) is 17.2. The molecule has 0 atom stereocenters. The van der Waals surface area contributed by atoms with Gasteiger partial charge in [0.15, 0.2) is 17.5 Å². The Bertz CT molecular complexity index is 2850. The molecule has 0 fully saturated rings. The van der Waals surface area contributed by atoms with E-state index in [9.17, 15) is 0 Å². The van der Waals surface area contributed by atoms with Crippen molar-refractivity contribution in [2.24, 2.45) is 0 Å². The molecule has 0 saturated heterocycles. The fraction of sp³-hybridized carbons (Fsp3) is 0. The fourth-order valence-electron chi connectivity index (χ4n) is 7.42. The number of fused-ring (bicyclic) bond motifs is 6. The monoisotopic (exact) mass is 650 g/mol. The van der Waals surface area contributed by atoms with Crippen molar-refractivity contribution >= 4 is 43.4 Å². The third-order valence-corrected chi connectivity index (χ3v) is 9.80. The van der Waals surface area contributed by atoms with E-state index in [1.54, 1.807) is 0 Å². The van der Waals surface area contributed by atoms with E-state index in [1.807, 2.05) is 60.7 Å². The molecule has 51 heavy (non-hydrogen) atoms. The first-order chi connectivity index (χ1) is 25.3. The molecular formula is C47H30N4. The lowest BCUT2D eigenvalue weighted by molar-refractivity contribution is 1.07. The van der Waals surface area contributed by atoms with Crippen LogP contribution < -0.4 is 0 Å². The summed E-state index contributed by atoms with van der Waals surface area (Å²) in [4.78, 5) is 15.1. The first-order valence-electron chi connectivity index (χ1n) is 17.2. The average Bonchev–Trinajstić information content (AvgIpc) is 3.54. The Labute approximate surface area is 295 Å². The van der Waals surface area contributed by atoms with Crippen molar-refractivity contribution in [1.82, 2.24) is 19.5 Å². The Kier molecular flexibility index (Phi) is 6.78. The molecule has 0 unspecified atom stereocenters. The molecule has 238 valence electrons. The van der Waals surface area contributed by atoms with Gasteiger partial charge in [0, 0.05) is 33.2 Å². The van der Waals surface area contributed by atoms with Crippen LogP contribution in [0.15, 0.2) is 182 Å². The highest BCUT2D eigenvalue weighted by Crippen LogP contribution is 2.40. The minimum absolute atomic E-state index is 0.638. The van der Waals surface area contributed by atoms with Crippen LogP contribution in [0.1, 0.15) is 0 Å². The van der Waals surface area contributed by atoms with Gasteiger partial charge in [-0.2, -0.15) is 0 Å². The Morgan fingerprint density at radius 2 is 0.902 bits per heavy atom. The van der Waals surface area contributed by atoms with E-state index in [1.165, 1.54) is 43.4 Å². The Balaban J connectivity index is 1.19.